The lowest BCUT2D eigenvalue weighted by Crippen LogP contribution is -2.61. The van der Waals surface area contributed by atoms with Crippen LogP contribution in [0.15, 0.2) is 36.5 Å². The van der Waals surface area contributed by atoms with Gasteiger partial charge in [0.15, 0.2) is 12.4 Å². The molecule has 0 radical (unpaired) electrons. The molecule has 8 atom stereocenters. The summed E-state index contributed by atoms with van der Waals surface area (Å²) in [6.45, 7) is 5.80. The fraction of sp³-hybridized carbons (Fsp3) is 0.882. The molecule has 1 saturated heterocycles. The highest BCUT2D eigenvalue weighted by Crippen LogP contribution is 2.26. The predicted octanol–water partition coefficient (Wildman–Crippen LogP) is 16.6. The molecule has 1 heterocycles. The maximum Gasteiger partial charge on any atom is 0.306 e. The van der Waals surface area contributed by atoms with Gasteiger partial charge in [-0.15, -0.1) is 0 Å². The zero-order valence-corrected chi connectivity index (χ0v) is 51.5. The number of carbonyl (C=O) groups excluding carboxylic acids is 2. The van der Waals surface area contributed by atoms with Gasteiger partial charge >= 0.3 is 5.97 Å². The molecule has 79 heavy (non-hydrogen) atoms. The fourth-order valence-electron chi connectivity index (χ4n) is 10.6. The van der Waals surface area contributed by atoms with E-state index in [0.29, 0.717) is 12.8 Å². The number of unbranched alkanes of at least 4 members (excludes halogenated alkanes) is 40. The fourth-order valence-corrected chi connectivity index (χ4v) is 10.6. The number of rotatable bonds is 58. The van der Waals surface area contributed by atoms with Gasteiger partial charge in [-0.2, -0.15) is 0 Å². The Hall–Kier alpha value is -2.12. The Morgan fingerprint density at radius 2 is 0.835 bits per heavy atom. The number of esters is 1. The molecule has 1 aliphatic rings. The van der Waals surface area contributed by atoms with Crippen LogP contribution in [0.2, 0.25) is 0 Å². The maximum absolute atomic E-state index is 13.4. The van der Waals surface area contributed by atoms with Gasteiger partial charge in [-0.1, -0.05) is 276 Å². The van der Waals surface area contributed by atoms with Crippen molar-refractivity contribution in [3.05, 3.63) is 36.5 Å². The van der Waals surface area contributed by atoms with E-state index in [0.717, 1.165) is 70.6 Å². The predicted molar refractivity (Wildman–Crippen MR) is 329 cm³/mol. The number of amides is 1. The van der Waals surface area contributed by atoms with E-state index in [9.17, 15) is 35.1 Å². The van der Waals surface area contributed by atoms with Gasteiger partial charge in [-0.25, -0.2) is 0 Å². The van der Waals surface area contributed by atoms with Gasteiger partial charge in [-0.3, -0.25) is 9.59 Å². The second-order valence-corrected chi connectivity index (χ2v) is 23.6. The van der Waals surface area contributed by atoms with Gasteiger partial charge in [0.1, 0.15) is 24.4 Å². The number of allylic oxidation sites excluding steroid dienone is 5. The molecule has 0 aromatic rings. The zero-order valence-electron chi connectivity index (χ0n) is 51.5. The first-order chi connectivity index (χ1) is 38.7. The Morgan fingerprint density at radius 3 is 1.23 bits per heavy atom. The van der Waals surface area contributed by atoms with E-state index in [4.69, 9.17) is 14.2 Å². The Bertz CT molecular complexity index is 1420. The van der Waals surface area contributed by atoms with Gasteiger partial charge in [0.05, 0.1) is 25.4 Å². The maximum atomic E-state index is 13.4. The molecular weight excluding hydrogens is 991 g/mol. The topological polar surface area (TPSA) is 175 Å². The van der Waals surface area contributed by atoms with E-state index < -0.39 is 67.4 Å². The summed E-state index contributed by atoms with van der Waals surface area (Å²) < 4.78 is 17.7. The first-order valence-corrected chi connectivity index (χ1v) is 33.8. The minimum Gasteiger partial charge on any atom is -0.454 e. The number of hydrogen-bond acceptors (Lipinski definition) is 10. The van der Waals surface area contributed by atoms with Crippen molar-refractivity contribution in [2.75, 3.05) is 13.2 Å². The summed E-state index contributed by atoms with van der Waals surface area (Å²) in [4.78, 5) is 26.6. The zero-order chi connectivity index (χ0) is 57.5. The summed E-state index contributed by atoms with van der Waals surface area (Å²) in [7, 11) is 0. The number of nitrogens with one attached hydrogen (secondary N) is 1. The average Bonchev–Trinajstić information content (AvgIpc) is 3.47. The quantitative estimate of drug-likeness (QED) is 0.0195. The molecule has 6 N–H and O–H groups in total. The highest BCUT2D eigenvalue weighted by atomic mass is 16.7. The summed E-state index contributed by atoms with van der Waals surface area (Å²) in [5, 5.41) is 57.1. The molecule has 0 saturated carbocycles. The molecule has 1 aliphatic heterocycles. The van der Waals surface area contributed by atoms with E-state index in [1.165, 1.54) is 205 Å². The van der Waals surface area contributed by atoms with Crippen molar-refractivity contribution in [2.45, 2.75) is 372 Å². The molecule has 0 aliphatic carbocycles. The molecule has 11 nitrogen and oxygen atoms in total. The smallest absolute Gasteiger partial charge is 0.306 e. The van der Waals surface area contributed by atoms with Crippen LogP contribution < -0.4 is 5.32 Å². The van der Waals surface area contributed by atoms with Crippen molar-refractivity contribution < 1.29 is 49.3 Å². The third-order valence-electron chi connectivity index (χ3n) is 16.0. The van der Waals surface area contributed by atoms with Crippen LogP contribution >= 0.6 is 0 Å². The normalized spacial score (nSPS) is 19.0. The number of carbonyl (C=O) groups is 2. The molecular formula is C68H127NO10. The Balaban J connectivity index is 2.58. The molecule has 1 amide bonds. The summed E-state index contributed by atoms with van der Waals surface area (Å²) >= 11 is 0. The van der Waals surface area contributed by atoms with Crippen LogP contribution in [0.25, 0.3) is 0 Å². The summed E-state index contributed by atoms with van der Waals surface area (Å²) in [6, 6.07) is -1.02. The van der Waals surface area contributed by atoms with Crippen molar-refractivity contribution >= 4 is 11.9 Å². The summed E-state index contributed by atoms with van der Waals surface area (Å²) in [6.07, 6.45) is 57.6. The van der Waals surface area contributed by atoms with Crippen LogP contribution in [0.4, 0.5) is 0 Å². The Morgan fingerprint density at radius 1 is 0.481 bits per heavy atom. The van der Waals surface area contributed by atoms with Crippen LogP contribution in [-0.4, -0.2) is 99.6 Å². The third-order valence-corrected chi connectivity index (χ3v) is 16.0. The summed E-state index contributed by atoms with van der Waals surface area (Å²) in [5.41, 5.74) is 0. The largest absolute Gasteiger partial charge is 0.454 e. The lowest BCUT2D eigenvalue weighted by Gasteiger charge is -2.41. The van der Waals surface area contributed by atoms with Crippen molar-refractivity contribution in [2.24, 2.45) is 0 Å². The van der Waals surface area contributed by atoms with Crippen molar-refractivity contribution in [3.8, 4) is 0 Å². The molecule has 0 aromatic carbocycles. The molecule has 464 valence electrons. The molecule has 8 unspecified atom stereocenters. The van der Waals surface area contributed by atoms with Crippen molar-refractivity contribution in [1.82, 2.24) is 5.32 Å². The average molecular weight is 1120 g/mol. The van der Waals surface area contributed by atoms with Gasteiger partial charge < -0.3 is 45.1 Å². The lowest BCUT2D eigenvalue weighted by molar-refractivity contribution is -0.305. The minimum atomic E-state index is -1.61. The highest BCUT2D eigenvalue weighted by Gasteiger charge is 2.47. The van der Waals surface area contributed by atoms with Crippen molar-refractivity contribution in [1.29, 1.82) is 0 Å². The van der Waals surface area contributed by atoms with Crippen LogP contribution in [0.1, 0.15) is 323 Å². The second-order valence-electron chi connectivity index (χ2n) is 23.6. The Labute approximate surface area is 485 Å². The third kappa shape index (κ3) is 44.1. The SMILES string of the molecule is CCCCCCCC/C=C/CCCCCCCCCCCCCCCC(=O)OC1C(OCC(NC(=O)C(O)CCCCCCCC/C=C/CCCCCCCC)C(O)/C=C/CCCCCCCCCCC)OC(CO)C(O)C1O. The monoisotopic (exact) mass is 1120 g/mol. The molecule has 0 aromatic heterocycles. The van der Waals surface area contributed by atoms with Crippen LogP contribution in [0.3, 0.4) is 0 Å². The van der Waals surface area contributed by atoms with Crippen LogP contribution in [0.5, 0.6) is 0 Å². The molecule has 1 fully saturated rings. The van der Waals surface area contributed by atoms with Crippen molar-refractivity contribution in [3.63, 3.8) is 0 Å². The second kappa shape index (κ2) is 56.4. The molecule has 1 rings (SSSR count). The highest BCUT2D eigenvalue weighted by molar-refractivity contribution is 5.80. The molecule has 0 bridgehead atoms. The van der Waals surface area contributed by atoms with Gasteiger partial charge in [0.25, 0.3) is 0 Å². The van der Waals surface area contributed by atoms with E-state index in [1.54, 1.807) is 6.08 Å². The van der Waals surface area contributed by atoms with E-state index in [2.05, 4.69) is 50.4 Å². The minimum absolute atomic E-state index is 0.126. The number of hydrogen-bond donors (Lipinski definition) is 6. The number of aliphatic hydroxyl groups is 5. The first kappa shape index (κ1) is 74.9. The van der Waals surface area contributed by atoms with Gasteiger partial charge in [-0.05, 0) is 77.0 Å². The number of aliphatic hydroxyl groups excluding tert-OH is 5. The number of ether oxygens (including phenoxy) is 3. The van der Waals surface area contributed by atoms with E-state index in [-0.39, 0.29) is 19.4 Å². The summed E-state index contributed by atoms with van der Waals surface area (Å²) in [5.74, 6) is -1.19. The standard InChI is InChI=1S/C68H127NO10/c1-4-7-10-13-16-19-22-24-26-28-29-30-31-32-33-34-36-38-41-44-47-50-53-56-63(73)79-66-65(75)64(74)62(57-70)78-68(66)77-58-59(60(71)54-51-48-45-42-39-21-18-15-12-9-6-3)69-67(76)61(72)55-52-49-46-43-40-37-35-27-25-23-20-17-14-11-8-5-2/h24-27,51,54,59-62,64-66,68,70-72,74-75H,4-23,28-50,52-53,55-58H2,1-3H3,(H,69,76)/b26-24+,27-25+,54-51+. The van der Waals surface area contributed by atoms with E-state index >= 15 is 0 Å². The first-order valence-electron chi connectivity index (χ1n) is 33.8. The van der Waals surface area contributed by atoms with Crippen LogP contribution in [-0.2, 0) is 23.8 Å². The van der Waals surface area contributed by atoms with Gasteiger partial charge in [0, 0.05) is 6.42 Å². The molecule has 0 spiro atoms. The van der Waals surface area contributed by atoms with E-state index in [1.807, 2.05) is 6.08 Å². The van der Waals surface area contributed by atoms with Crippen LogP contribution in [0, 0.1) is 0 Å². The Kier molecular flexibility index (Phi) is 53.4. The molecule has 11 heteroatoms. The van der Waals surface area contributed by atoms with Gasteiger partial charge in [0.2, 0.25) is 5.91 Å². The lowest BCUT2D eigenvalue weighted by atomic mass is 9.99.